The highest BCUT2D eigenvalue weighted by atomic mass is 16.6. The number of esters is 2. The Morgan fingerprint density at radius 3 is 2.33 bits per heavy atom. The molecule has 6 nitrogen and oxygen atoms in total. The number of carboxylic acids is 1. The summed E-state index contributed by atoms with van der Waals surface area (Å²) in [6, 6.07) is 0. The van der Waals surface area contributed by atoms with Crippen molar-refractivity contribution in [2.24, 2.45) is 0 Å². The lowest BCUT2D eigenvalue weighted by Gasteiger charge is -2.14. The number of carboxylic acid groups (broad SMARTS) is 1. The number of carbonyl (C=O) groups excluding carboxylic acids is 2. The predicted molar refractivity (Wildman–Crippen MR) is 115 cm³/mol. The van der Waals surface area contributed by atoms with Gasteiger partial charge in [0.1, 0.15) is 0 Å². The van der Waals surface area contributed by atoms with Crippen LogP contribution in [0.15, 0.2) is 12.2 Å². The van der Waals surface area contributed by atoms with Gasteiger partial charge in [-0.25, -0.2) is 9.59 Å². The molecule has 0 saturated heterocycles. The third-order valence-electron chi connectivity index (χ3n) is 4.11. The molecule has 0 amide bonds. The van der Waals surface area contributed by atoms with E-state index >= 15 is 0 Å². The molecule has 0 rings (SSSR count). The number of unbranched alkanes of at least 4 members (excludes halogenated alkanes) is 7. The Balaban J connectivity index is 3.86. The molecule has 0 aliphatic carbocycles. The maximum atomic E-state index is 11.7. The number of carbonyl (C=O) groups is 3. The van der Waals surface area contributed by atoms with Gasteiger partial charge in [-0.15, -0.1) is 0 Å². The monoisotopic (exact) mass is 418 g/mol. The van der Waals surface area contributed by atoms with Gasteiger partial charge in [0, 0.05) is 12.8 Å². The Morgan fingerprint density at radius 1 is 0.933 bits per heavy atom. The molecular formula is C24H34O6. The smallest absolute Gasteiger partial charge is 0.347 e. The largest absolute Gasteiger partial charge is 0.479 e. The Labute approximate surface area is 180 Å². The minimum Gasteiger partial charge on any atom is -0.479 e. The first-order chi connectivity index (χ1) is 14.4. The fraction of sp³-hybridized carbons (Fsp3) is 0.625. The molecule has 1 N–H and O–H groups in total. The summed E-state index contributed by atoms with van der Waals surface area (Å²) in [5, 5.41) is 8.69. The minimum absolute atomic E-state index is 0.104. The Bertz CT molecular complexity index is 671. The van der Waals surface area contributed by atoms with Crippen molar-refractivity contribution in [3.8, 4) is 23.7 Å². The maximum absolute atomic E-state index is 11.7. The molecule has 0 spiro atoms. The Hall–Kier alpha value is -2.73. The number of hydrogen-bond acceptors (Lipinski definition) is 5. The first kappa shape index (κ1) is 27.3. The van der Waals surface area contributed by atoms with Crippen LogP contribution in [0, 0.1) is 23.7 Å². The molecule has 0 aromatic carbocycles. The Morgan fingerprint density at radius 2 is 1.63 bits per heavy atom. The van der Waals surface area contributed by atoms with Gasteiger partial charge < -0.3 is 14.6 Å². The molecule has 30 heavy (non-hydrogen) atoms. The van der Waals surface area contributed by atoms with Gasteiger partial charge in [0.25, 0.3) is 0 Å². The normalized spacial score (nSPS) is 12.1. The van der Waals surface area contributed by atoms with Crippen LogP contribution in [0.5, 0.6) is 0 Å². The van der Waals surface area contributed by atoms with Gasteiger partial charge in [0.2, 0.25) is 0 Å². The van der Waals surface area contributed by atoms with Crippen molar-refractivity contribution in [1.82, 2.24) is 0 Å². The van der Waals surface area contributed by atoms with Crippen LogP contribution >= 0.6 is 0 Å². The average molecular weight is 419 g/mol. The topological polar surface area (TPSA) is 89.9 Å². The zero-order valence-corrected chi connectivity index (χ0v) is 18.4. The highest BCUT2D eigenvalue weighted by Crippen LogP contribution is 2.07. The van der Waals surface area contributed by atoms with Crippen molar-refractivity contribution in [2.75, 3.05) is 0 Å². The van der Waals surface area contributed by atoms with E-state index in [1.54, 1.807) is 0 Å². The minimum atomic E-state index is -1.29. The van der Waals surface area contributed by atoms with E-state index in [0.29, 0.717) is 12.8 Å². The molecule has 0 bridgehead atoms. The van der Waals surface area contributed by atoms with Crippen LogP contribution < -0.4 is 0 Å². The first-order valence-electron chi connectivity index (χ1n) is 10.6. The fourth-order valence-corrected chi connectivity index (χ4v) is 2.32. The third kappa shape index (κ3) is 16.2. The van der Waals surface area contributed by atoms with E-state index in [0.717, 1.165) is 6.42 Å². The van der Waals surface area contributed by atoms with Crippen molar-refractivity contribution in [3.05, 3.63) is 12.2 Å². The molecule has 6 heteroatoms. The van der Waals surface area contributed by atoms with Gasteiger partial charge in [0.05, 0.1) is 0 Å². The van der Waals surface area contributed by atoms with Gasteiger partial charge in [-0.1, -0.05) is 56.9 Å². The molecule has 2 atom stereocenters. The molecule has 0 heterocycles. The molecular weight excluding hydrogens is 384 g/mol. The lowest BCUT2D eigenvalue weighted by Crippen LogP contribution is -2.32. The number of ether oxygens (including phenoxy) is 2. The first-order valence-corrected chi connectivity index (χ1v) is 10.6. The molecule has 166 valence electrons. The summed E-state index contributed by atoms with van der Waals surface area (Å²) in [6.07, 6.45) is 11.2. The van der Waals surface area contributed by atoms with Crippen molar-refractivity contribution in [1.29, 1.82) is 0 Å². The molecule has 0 fully saturated rings. The van der Waals surface area contributed by atoms with Crippen LogP contribution in [0.3, 0.4) is 0 Å². The fourth-order valence-electron chi connectivity index (χ4n) is 2.32. The summed E-state index contributed by atoms with van der Waals surface area (Å²) < 4.78 is 9.57. The van der Waals surface area contributed by atoms with Gasteiger partial charge in [-0.3, -0.25) is 4.79 Å². The molecule has 0 aliphatic rings. The van der Waals surface area contributed by atoms with Crippen LogP contribution in [0.4, 0.5) is 0 Å². The van der Waals surface area contributed by atoms with Crippen molar-refractivity contribution >= 4 is 17.9 Å². The molecule has 0 radical (unpaired) electrons. The van der Waals surface area contributed by atoms with E-state index in [4.69, 9.17) is 9.84 Å². The standard InChI is InChI=1S/C24H34O6/c1-4-5-6-7-8-9-10-11-12-13-14-15-16-17-18-19-22(25)29-21(3)24(28)30-20(2)23(26)27/h11-12,20-21H,4-10,17-19H2,1-3H3,(H,26,27)/b12-11+/t20-,21-/m1/s1. The molecule has 0 saturated carbocycles. The van der Waals surface area contributed by atoms with Crippen molar-refractivity contribution in [2.45, 2.75) is 97.2 Å². The van der Waals surface area contributed by atoms with E-state index < -0.39 is 30.1 Å². The van der Waals surface area contributed by atoms with E-state index in [1.807, 2.05) is 6.08 Å². The molecule has 0 aromatic rings. The Kier molecular flexibility index (Phi) is 16.6. The van der Waals surface area contributed by atoms with Crippen LogP contribution in [0.2, 0.25) is 0 Å². The van der Waals surface area contributed by atoms with Gasteiger partial charge >= 0.3 is 17.9 Å². The average Bonchev–Trinajstić information content (AvgIpc) is 2.70. The third-order valence-corrected chi connectivity index (χ3v) is 4.11. The lowest BCUT2D eigenvalue weighted by atomic mass is 10.1. The van der Waals surface area contributed by atoms with Crippen LogP contribution in [0.25, 0.3) is 0 Å². The predicted octanol–water partition coefficient (Wildman–Crippen LogP) is 4.42. The molecule has 0 aliphatic heterocycles. The summed E-state index contributed by atoms with van der Waals surface area (Å²) in [7, 11) is 0. The second-order valence-corrected chi connectivity index (χ2v) is 6.93. The zero-order valence-electron chi connectivity index (χ0n) is 18.4. The lowest BCUT2D eigenvalue weighted by molar-refractivity contribution is -0.174. The van der Waals surface area contributed by atoms with Crippen molar-refractivity contribution < 1.29 is 29.0 Å². The summed E-state index contributed by atoms with van der Waals surface area (Å²) in [4.78, 5) is 33.9. The quantitative estimate of drug-likeness (QED) is 0.255. The number of allylic oxidation sites excluding steroid dienone is 2. The van der Waals surface area contributed by atoms with Crippen LogP contribution in [-0.4, -0.2) is 35.2 Å². The van der Waals surface area contributed by atoms with Gasteiger partial charge in [0.15, 0.2) is 12.2 Å². The maximum Gasteiger partial charge on any atom is 0.347 e. The van der Waals surface area contributed by atoms with Gasteiger partial charge in [-0.05, 0) is 51.0 Å². The number of hydrogen-bond donors (Lipinski definition) is 1. The highest BCUT2D eigenvalue weighted by molar-refractivity contribution is 5.82. The molecule has 0 unspecified atom stereocenters. The van der Waals surface area contributed by atoms with E-state index in [9.17, 15) is 14.4 Å². The van der Waals surface area contributed by atoms with E-state index in [-0.39, 0.29) is 6.42 Å². The second kappa shape index (κ2) is 18.3. The number of aliphatic carboxylic acids is 1. The SMILES string of the molecule is CCCCCCCC/C=C/C#CC#CCCCC(=O)O[C@H](C)C(=O)O[C@H](C)C(=O)O. The van der Waals surface area contributed by atoms with Crippen molar-refractivity contribution in [3.63, 3.8) is 0 Å². The van der Waals surface area contributed by atoms with Gasteiger partial charge in [-0.2, -0.15) is 0 Å². The van der Waals surface area contributed by atoms with Crippen LogP contribution in [-0.2, 0) is 23.9 Å². The summed E-state index contributed by atoms with van der Waals surface area (Å²) in [5.41, 5.74) is 0. The zero-order chi connectivity index (χ0) is 22.6. The number of rotatable bonds is 14. The molecule has 0 aromatic heterocycles. The summed E-state index contributed by atoms with van der Waals surface area (Å²) in [6.45, 7) is 4.78. The summed E-state index contributed by atoms with van der Waals surface area (Å²) >= 11 is 0. The highest BCUT2D eigenvalue weighted by Gasteiger charge is 2.23. The summed E-state index contributed by atoms with van der Waals surface area (Å²) in [5.74, 6) is 8.49. The van der Waals surface area contributed by atoms with E-state index in [2.05, 4.69) is 41.4 Å². The second-order valence-electron chi connectivity index (χ2n) is 6.93. The van der Waals surface area contributed by atoms with Crippen LogP contribution in [0.1, 0.15) is 85.0 Å². The van der Waals surface area contributed by atoms with E-state index in [1.165, 1.54) is 52.4 Å².